The van der Waals surface area contributed by atoms with E-state index in [1.807, 2.05) is 35.3 Å². The number of fused-ring (bicyclic) bond motifs is 2. The molecule has 1 aliphatic carbocycles. The largest absolute Gasteiger partial charge is 0.350 e. The first kappa shape index (κ1) is 23.4. The minimum absolute atomic E-state index is 0.0819. The summed E-state index contributed by atoms with van der Waals surface area (Å²) in [5.74, 6) is -0.212. The van der Waals surface area contributed by atoms with Crippen molar-refractivity contribution in [2.75, 3.05) is 19.7 Å². The van der Waals surface area contributed by atoms with E-state index >= 15 is 0 Å². The lowest BCUT2D eigenvalue weighted by molar-refractivity contribution is -0.330. The zero-order valence-electron chi connectivity index (χ0n) is 19.6. The molecule has 0 bridgehead atoms. The number of hydroxylamine groups is 1. The number of sulfonamides is 1. The number of ether oxygens (including phenoxy) is 1. The molecule has 11 heteroatoms. The van der Waals surface area contributed by atoms with Crippen molar-refractivity contribution in [2.45, 2.75) is 36.5 Å². The Morgan fingerprint density at radius 1 is 1.06 bits per heavy atom. The normalized spacial score (nSPS) is 26.0. The number of benzene rings is 2. The maximum Gasteiger partial charge on any atom is 0.295 e. The van der Waals surface area contributed by atoms with Gasteiger partial charge in [-0.1, -0.05) is 30.3 Å². The van der Waals surface area contributed by atoms with Gasteiger partial charge in [0.05, 0.1) is 10.5 Å². The molecule has 3 unspecified atom stereocenters. The number of hydrogen-bond acceptors (Lipinski definition) is 8. The molecule has 3 heterocycles. The lowest BCUT2D eigenvalue weighted by Gasteiger charge is -2.35. The maximum absolute atomic E-state index is 13.2. The molecule has 1 saturated carbocycles. The van der Waals surface area contributed by atoms with Crippen LogP contribution in [0.4, 0.5) is 0 Å². The Balaban J connectivity index is 1.14. The van der Waals surface area contributed by atoms with Gasteiger partial charge in [0.2, 0.25) is 10.0 Å². The van der Waals surface area contributed by atoms with Gasteiger partial charge in [-0.3, -0.25) is 4.79 Å². The van der Waals surface area contributed by atoms with E-state index in [1.165, 1.54) is 23.9 Å². The van der Waals surface area contributed by atoms with Crippen LogP contribution in [-0.4, -0.2) is 66.5 Å². The van der Waals surface area contributed by atoms with Gasteiger partial charge in [0, 0.05) is 44.6 Å². The molecule has 3 fully saturated rings. The van der Waals surface area contributed by atoms with Crippen LogP contribution in [0.5, 0.6) is 0 Å². The van der Waals surface area contributed by atoms with Gasteiger partial charge in [-0.05, 0) is 47.6 Å². The minimum atomic E-state index is -3.67. The molecule has 1 amide bonds. The van der Waals surface area contributed by atoms with E-state index in [4.69, 9.17) is 9.57 Å². The van der Waals surface area contributed by atoms with E-state index in [9.17, 15) is 13.2 Å². The molecule has 2 aliphatic heterocycles. The summed E-state index contributed by atoms with van der Waals surface area (Å²) < 4.78 is 34.7. The second-order valence-electron chi connectivity index (χ2n) is 9.46. The number of nitrogens with one attached hydrogen (secondary N) is 1. The van der Waals surface area contributed by atoms with Gasteiger partial charge in [-0.15, -0.1) is 5.17 Å². The molecule has 36 heavy (non-hydrogen) atoms. The number of carbonyl (C=O) groups is 1. The molecule has 1 aromatic heterocycles. The summed E-state index contributed by atoms with van der Waals surface area (Å²) in [6.07, 6.45) is 6.38. The van der Waals surface area contributed by atoms with Crippen molar-refractivity contribution in [2.24, 2.45) is 11.8 Å². The molecule has 3 aliphatic rings. The zero-order valence-corrected chi connectivity index (χ0v) is 20.4. The highest BCUT2D eigenvalue weighted by Gasteiger charge is 2.59. The Labute approximate surface area is 209 Å². The Morgan fingerprint density at radius 3 is 2.53 bits per heavy atom. The molecule has 2 aromatic carbocycles. The lowest BCUT2D eigenvalue weighted by Crippen LogP contribution is -2.50. The summed E-state index contributed by atoms with van der Waals surface area (Å²) in [5.41, 5.74) is 0.308. The van der Waals surface area contributed by atoms with Gasteiger partial charge in [0.1, 0.15) is 6.33 Å². The van der Waals surface area contributed by atoms with Crippen molar-refractivity contribution in [3.63, 3.8) is 0 Å². The molecule has 6 rings (SSSR count). The molecule has 1 N–H and O–H groups in total. The molecular weight excluding hydrogens is 482 g/mol. The van der Waals surface area contributed by atoms with Crippen LogP contribution >= 0.6 is 0 Å². The number of aromatic nitrogens is 2. The third kappa shape index (κ3) is 4.60. The molecule has 10 nitrogen and oxygen atoms in total. The summed E-state index contributed by atoms with van der Waals surface area (Å²) >= 11 is 0. The Hall–Kier alpha value is -2.96. The number of carbonyl (C=O) groups excluding carboxylic acids is 1. The first-order chi connectivity index (χ1) is 17.5. The summed E-state index contributed by atoms with van der Waals surface area (Å²) in [7, 11) is -3.67. The molecular formula is C25H27N5O5S. The Morgan fingerprint density at radius 2 is 1.81 bits per heavy atom. The van der Waals surface area contributed by atoms with Crippen LogP contribution in [0.3, 0.4) is 0 Å². The molecule has 188 valence electrons. The fourth-order valence-corrected chi connectivity index (χ4v) is 6.45. The number of hydrogen-bond donors (Lipinski definition) is 1. The van der Waals surface area contributed by atoms with Gasteiger partial charge in [-0.2, -0.15) is 5.01 Å². The first-order valence-corrected chi connectivity index (χ1v) is 13.6. The van der Waals surface area contributed by atoms with Crippen molar-refractivity contribution in [1.29, 1.82) is 0 Å². The fraction of sp³-hybridized carbons (Fsp3) is 0.400. The quantitative estimate of drug-likeness (QED) is 0.483. The summed E-state index contributed by atoms with van der Waals surface area (Å²) in [6, 6.07) is 12.6. The van der Waals surface area contributed by atoms with Crippen LogP contribution in [0.2, 0.25) is 0 Å². The average molecular weight is 510 g/mol. The van der Waals surface area contributed by atoms with Crippen LogP contribution in [-0.2, 0) is 19.6 Å². The summed E-state index contributed by atoms with van der Waals surface area (Å²) in [6.45, 7) is 1.56. The van der Waals surface area contributed by atoms with E-state index in [0.29, 0.717) is 31.7 Å². The first-order valence-electron chi connectivity index (χ1n) is 12.1. The van der Waals surface area contributed by atoms with Crippen LogP contribution in [0.15, 0.2) is 66.1 Å². The van der Waals surface area contributed by atoms with Crippen LogP contribution in [0.25, 0.3) is 10.8 Å². The molecule has 0 spiro atoms. The SMILES string of the molecule is O=C(c1cncnc1)N(OC1CCCCO1)N1CC2C(C1)C2NS(=O)(=O)c1ccc2ccccc2c1. The predicted molar refractivity (Wildman–Crippen MR) is 129 cm³/mol. The van der Waals surface area contributed by atoms with E-state index in [0.717, 1.165) is 23.6 Å². The smallest absolute Gasteiger partial charge is 0.295 e. The van der Waals surface area contributed by atoms with Gasteiger partial charge < -0.3 is 4.74 Å². The minimum Gasteiger partial charge on any atom is -0.350 e. The highest BCUT2D eigenvalue weighted by Crippen LogP contribution is 2.47. The van der Waals surface area contributed by atoms with E-state index in [2.05, 4.69) is 14.7 Å². The third-order valence-corrected chi connectivity index (χ3v) is 8.55. The monoisotopic (exact) mass is 509 g/mol. The van der Waals surface area contributed by atoms with Crippen molar-refractivity contribution in [3.05, 3.63) is 66.7 Å². The Bertz CT molecular complexity index is 1350. The van der Waals surface area contributed by atoms with Crippen molar-refractivity contribution in [3.8, 4) is 0 Å². The van der Waals surface area contributed by atoms with E-state index in [-0.39, 0.29) is 28.7 Å². The van der Waals surface area contributed by atoms with Gasteiger partial charge in [0.15, 0.2) is 6.29 Å². The van der Waals surface area contributed by atoms with Crippen molar-refractivity contribution >= 4 is 26.7 Å². The lowest BCUT2D eigenvalue weighted by atomic mass is 10.1. The second-order valence-corrected chi connectivity index (χ2v) is 11.2. The van der Waals surface area contributed by atoms with E-state index < -0.39 is 16.3 Å². The van der Waals surface area contributed by atoms with Crippen LogP contribution < -0.4 is 4.72 Å². The van der Waals surface area contributed by atoms with Crippen LogP contribution in [0.1, 0.15) is 29.6 Å². The highest BCUT2D eigenvalue weighted by atomic mass is 32.2. The molecule has 2 saturated heterocycles. The topological polar surface area (TPSA) is 114 Å². The van der Waals surface area contributed by atoms with Crippen molar-refractivity contribution in [1.82, 2.24) is 24.9 Å². The molecule has 0 radical (unpaired) electrons. The summed E-state index contributed by atoms with van der Waals surface area (Å²) in [5, 5.41) is 4.95. The van der Waals surface area contributed by atoms with Gasteiger partial charge in [0.25, 0.3) is 5.91 Å². The maximum atomic E-state index is 13.2. The number of piperidine rings is 1. The number of amides is 1. The fourth-order valence-electron chi connectivity index (χ4n) is 5.08. The van der Waals surface area contributed by atoms with Crippen LogP contribution in [0, 0.1) is 11.8 Å². The zero-order chi connectivity index (χ0) is 24.7. The number of hydrazine groups is 1. The number of rotatable bonds is 7. The molecule has 3 atom stereocenters. The van der Waals surface area contributed by atoms with Crippen molar-refractivity contribution < 1.29 is 22.8 Å². The average Bonchev–Trinajstić information content (AvgIpc) is 3.32. The predicted octanol–water partition coefficient (Wildman–Crippen LogP) is 2.35. The van der Waals surface area contributed by atoms with Gasteiger partial charge in [-0.25, -0.2) is 27.9 Å². The molecule has 3 aromatic rings. The second kappa shape index (κ2) is 9.49. The Kier molecular flexibility index (Phi) is 6.18. The van der Waals surface area contributed by atoms with E-state index in [1.54, 1.807) is 12.1 Å². The number of nitrogens with zero attached hydrogens (tertiary/aromatic N) is 4. The third-order valence-electron chi connectivity index (χ3n) is 7.09. The summed E-state index contributed by atoms with van der Waals surface area (Å²) in [4.78, 5) is 27.4. The highest BCUT2D eigenvalue weighted by molar-refractivity contribution is 7.89. The van der Waals surface area contributed by atoms with Gasteiger partial charge >= 0.3 is 0 Å². The standard InChI is InChI=1S/C25H27N5O5S/c31-25(19-12-26-16-27-13-19)30(35-23-7-3-4-10-34-23)29-14-21-22(15-29)24(21)28-36(32,33)20-9-8-17-5-1-2-6-18(17)11-20/h1-2,5-6,8-9,11-13,16,21-24,28H,3-4,7,10,14-15H2.